The normalized spacial score (nSPS) is 21.5. The lowest BCUT2D eigenvalue weighted by atomic mass is 9.68. The molecule has 0 aromatic heterocycles. The van der Waals surface area contributed by atoms with Gasteiger partial charge in [0.15, 0.2) is 0 Å². The molecule has 0 aromatic carbocycles. The van der Waals surface area contributed by atoms with E-state index in [4.69, 9.17) is 4.74 Å². The molecule has 1 fully saturated rings. The second kappa shape index (κ2) is 10.0. The number of hydrogen-bond acceptors (Lipinski definition) is 6. The summed E-state index contributed by atoms with van der Waals surface area (Å²) in [6.45, 7) is 3.63. The van der Waals surface area contributed by atoms with Gasteiger partial charge in [0, 0.05) is 30.3 Å². The average Bonchev–Trinajstić information content (AvgIpc) is 2.62. The van der Waals surface area contributed by atoms with E-state index in [1.165, 1.54) is 14.2 Å². The van der Waals surface area contributed by atoms with Crippen molar-refractivity contribution >= 4 is 23.5 Å². The zero-order valence-electron chi connectivity index (χ0n) is 16.1. The standard InChI is InChI=1S/C20H28O6/c1-14(6-5-7-15(2)19(24)26-4)10-11-20(13-18(23)25-3)12-16(21)8-9-17(20)22/h7,10H,5-6,8-9,11-13H2,1-4H3. The molecule has 144 valence electrons. The van der Waals surface area contributed by atoms with E-state index in [-0.39, 0.29) is 43.2 Å². The van der Waals surface area contributed by atoms with E-state index in [0.717, 1.165) is 5.57 Å². The Balaban J connectivity index is 2.80. The van der Waals surface area contributed by atoms with Crippen molar-refractivity contribution in [2.24, 2.45) is 5.41 Å². The van der Waals surface area contributed by atoms with Crippen LogP contribution in [-0.4, -0.2) is 37.7 Å². The predicted molar refractivity (Wildman–Crippen MR) is 96.3 cm³/mol. The van der Waals surface area contributed by atoms with Gasteiger partial charge in [-0.05, 0) is 33.1 Å². The van der Waals surface area contributed by atoms with Crippen LogP contribution in [0.2, 0.25) is 0 Å². The molecule has 1 saturated carbocycles. The Hall–Kier alpha value is -2.24. The van der Waals surface area contributed by atoms with Crippen LogP contribution in [-0.2, 0) is 28.7 Å². The van der Waals surface area contributed by atoms with Crippen molar-refractivity contribution < 1.29 is 28.7 Å². The van der Waals surface area contributed by atoms with Crippen LogP contribution < -0.4 is 0 Å². The number of hydrogen-bond donors (Lipinski definition) is 0. The van der Waals surface area contributed by atoms with Gasteiger partial charge >= 0.3 is 11.9 Å². The molecule has 1 unspecified atom stereocenters. The van der Waals surface area contributed by atoms with Crippen LogP contribution in [0.3, 0.4) is 0 Å². The summed E-state index contributed by atoms with van der Waals surface area (Å²) in [6.07, 6.45) is 5.91. The van der Waals surface area contributed by atoms with E-state index in [2.05, 4.69) is 4.74 Å². The SMILES string of the molecule is COC(=O)CC1(CC=C(C)CCC=C(C)C(=O)OC)CC(=O)CCC1=O. The van der Waals surface area contributed by atoms with E-state index >= 15 is 0 Å². The zero-order valence-corrected chi connectivity index (χ0v) is 16.1. The maximum Gasteiger partial charge on any atom is 0.333 e. The molecule has 0 saturated heterocycles. The van der Waals surface area contributed by atoms with Crippen LogP contribution in [0, 0.1) is 5.41 Å². The second-order valence-electron chi connectivity index (χ2n) is 6.84. The molecule has 0 heterocycles. The Labute approximate surface area is 154 Å². The predicted octanol–water partition coefficient (Wildman–Crippen LogP) is 3.09. The summed E-state index contributed by atoms with van der Waals surface area (Å²) in [5.41, 5.74) is 0.603. The summed E-state index contributed by atoms with van der Waals surface area (Å²) in [5, 5.41) is 0. The first-order valence-corrected chi connectivity index (χ1v) is 8.76. The average molecular weight is 364 g/mol. The number of ether oxygens (including phenoxy) is 2. The summed E-state index contributed by atoms with van der Waals surface area (Å²) in [4.78, 5) is 47.5. The minimum atomic E-state index is -0.985. The quantitative estimate of drug-likeness (QED) is 0.374. The molecule has 0 radical (unpaired) electrons. The number of ketones is 2. The van der Waals surface area contributed by atoms with E-state index in [1.54, 1.807) is 6.92 Å². The highest BCUT2D eigenvalue weighted by Gasteiger charge is 2.44. The number of methoxy groups -OCH3 is 2. The lowest BCUT2D eigenvalue weighted by molar-refractivity contribution is -0.150. The fourth-order valence-corrected chi connectivity index (χ4v) is 3.08. The third-order valence-electron chi connectivity index (χ3n) is 4.81. The van der Waals surface area contributed by atoms with Crippen molar-refractivity contribution in [2.45, 2.75) is 58.8 Å². The first-order chi connectivity index (χ1) is 12.2. The first-order valence-electron chi connectivity index (χ1n) is 8.76. The van der Waals surface area contributed by atoms with Gasteiger partial charge in [0.1, 0.15) is 11.6 Å². The maximum absolute atomic E-state index is 12.5. The zero-order chi connectivity index (χ0) is 19.7. The van der Waals surface area contributed by atoms with Gasteiger partial charge < -0.3 is 9.47 Å². The Bertz CT molecular complexity index is 628. The van der Waals surface area contributed by atoms with Gasteiger partial charge in [0.2, 0.25) is 0 Å². The summed E-state index contributed by atoms with van der Waals surface area (Å²) >= 11 is 0. The Morgan fingerprint density at radius 3 is 2.38 bits per heavy atom. The van der Waals surface area contributed by atoms with Crippen LogP contribution in [0.4, 0.5) is 0 Å². The molecule has 6 heteroatoms. The van der Waals surface area contributed by atoms with Crippen LogP contribution in [0.1, 0.15) is 58.8 Å². The Kier molecular flexibility index (Phi) is 8.42. The largest absolute Gasteiger partial charge is 0.469 e. The molecule has 6 nitrogen and oxygen atoms in total. The molecular formula is C20H28O6. The molecule has 0 bridgehead atoms. The molecule has 26 heavy (non-hydrogen) atoms. The molecule has 1 aliphatic carbocycles. The Morgan fingerprint density at radius 2 is 1.77 bits per heavy atom. The third-order valence-corrected chi connectivity index (χ3v) is 4.81. The highest BCUT2D eigenvalue weighted by atomic mass is 16.5. The van der Waals surface area contributed by atoms with Crippen molar-refractivity contribution in [3.05, 3.63) is 23.3 Å². The summed E-state index contributed by atoms with van der Waals surface area (Å²) < 4.78 is 9.36. The molecule has 0 aromatic rings. The Morgan fingerprint density at radius 1 is 1.08 bits per heavy atom. The highest BCUT2D eigenvalue weighted by molar-refractivity contribution is 5.99. The number of carbonyl (C=O) groups excluding carboxylic acids is 4. The molecule has 0 N–H and O–H groups in total. The van der Waals surface area contributed by atoms with Crippen molar-refractivity contribution in [3.8, 4) is 0 Å². The smallest absolute Gasteiger partial charge is 0.333 e. The minimum absolute atomic E-state index is 0.0104. The van der Waals surface area contributed by atoms with Gasteiger partial charge in [-0.3, -0.25) is 14.4 Å². The molecule has 1 atom stereocenters. The molecular weight excluding hydrogens is 336 g/mol. The number of carbonyl (C=O) groups is 4. The fourth-order valence-electron chi connectivity index (χ4n) is 3.08. The lowest BCUT2D eigenvalue weighted by Gasteiger charge is -2.33. The topological polar surface area (TPSA) is 86.7 Å². The highest BCUT2D eigenvalue weighted by Crippen LogP contribution is 2.39. The van der Waals surface area contributed by atoms with Gasteiger partial charge in [-0.2, -0.15) is 0 Å². The van der Waals surface area contributed by atoms with Crippen LogP contribution in [0.15, 0.2) is 23.3 Å². The van der Waals surface area contributed by atoms with E-state index < -0.39 is 11.4 Å². The van der Waals surface area contributed by atoms with E-state index in [1.807, 2.05) is 19.1 Å². The van der Waals surface area contributed by atoms with Crippen LogP contribution >= 0.6 is 0 Å². The van der Waals surface area contributed by atoms with Crippen molar-refractivity contribution in [1.82, 2.24) is 0 Å². The molecule has 0 amide bonds. The molecule has 0 aliphatic heterocycles. The van der Waals surface area contributed by atoms with Crippen molar-refractivity contribution in [1.29, 1.82) is 0 Å². The van der Waals surface area contributed by atoms with Gasteiger partial charge in [-0.1, -0.05) is 17.7 Å². The monoisotopic (exact) mass is 364 g/mol. The summed E-state index contributed by atoms with van der Waals surface area (Å²) in [5.74, 6) is -0.866. The first kappa shape index (κ1) is 21.8. The van der Waals surface area contributed by atoms with Crippen molar-refractivity contribution in [2.75, 3.05) is 14.2 Å². The van der Waals surface area contributed by atoms with E-state index in [0.29, 0.717) is 24.8 Å². The van der Waals surface area contributed by atoms with Gasteiger partial charge in [-0.15, -0.1) is 0 Å². The number of allylic oxidation sites excluding steroid dienone is 3. The summed E-state index contributed by atoms with van der Waals surface area (Å²) in [6, 6.07) is 0. The van der Waals surface area contributed by atoms with Gasteiger partial charge in [-0.25, -0.2) is 4.79 Å². The molecule has 1 rings (SSSR count). The van der Waals surface area contributed by atoms with Crippen LogP contribution in [0.25, 0.3) is 0 Å². The lowest BCUT2D eigenvalue weighted by Crippen LogP contribution is -2.39. The number of Topliss-reactive ketones (excluding diaryl/α,β-unsaturated/α-hetero) is 2. The molecule has 0 spiro atoms. The third kappa shape index (κ3) is 6.24. The fraction of sp³-hybridized carbons (Fsp3) is 0.600. The van der Waals surface area contributed by atoms with Crippen molar-refractivity contribution in [3.63, 3.8) is 0 Å². The summed E-state index contributed by atoms with van der Waals surface area (Å²) in [7, 11) is 2.62. The van der Waals surface area contributed by atoms with Crippen LogP contribution in [0.5, 0.6) is 0 Å². The number of rotatable bonds is 8. The maximum atomic E-state index is 12.5. The molecule has 1 aliphatic rings. The number of esters is 2. The van der Waals surface area contributed by atoms with E-state index in [9.17, 15) is 19.2 Å². The minimum Gasteiger partial charge on any atom is -0.469 e. The second-order valence-corrected chi connectivity index (χ2v) is 6.84. The van der Waals surface area contributed by atoms with Gasteiger partial charge in [0.05, 0.1) is 20.6 Å². The van der Waals surface area contributed by atoms with Gasteiger partial charge in [0.25, 0.3) is 0 Å².